The fourth-order valence-corrected chi connectivity index (χ4v) is 3.42. The van der Waals surface area contributed by atoms with Crippen LogP contribution in [0.15, 0.2) is 36.8 Å². The first-order valence-corrected chi connectivity index (χ1v) is 9.68. The highest BCUT2D eigenvalue weighted by Gasteiger charge is 2.23. The van der Waals surface area contributed by atoms with Crippen molar-refractivity contribution in [3.8, 4) is 11.4 Å². The largest absolute Gasteiger partial charge is 0.340 e. The molecule has 0 spiro atoms. The molecule has 2 atom stereocenters. The van der Waals surface area contributed by atoms with Gasteiger partial charge < -0.3 is 10.6 Å². The molecule has 4 heterocycles. The van der Waals surface area contributed by atoms with Crippen LogP contribution in [-0.2, 0) is 0 Å². The number of hydrogen-bond acceptors (Lipinski definition) is 7. The number of aromatic nitrogens is 5. The molecule has 28 heavy (non-hydrogen) atoms. The van der Waals surface area contributed by atoms with Gasteiger partial charge in [-0.15, -0.1) is 0 Å². The Morgan fingerprint density at radius 1 is 1.00 bits per heavy atom. The Bertz CT molecular complexity index is 964. The van der Waals surface area contributed by atoms with E-state index in [1.54, 1.807) is 18.6 Å². The molecule has 7 nitrogen and oxygen atoms in total. The molecule has 1 aliphatic rings. The third kappa shape index (κ3) is 4.31. The number of pyridine rings is 1. The molecule has 1 aliphatic heterocycles. The third-order valence-electron chi connectivity index (χ3n) is 4.96. The fourth-order valence-electron chi connectivity index (χ4n) is 3.42. The lowest BCUT2D eigenvalue weighted by molar-refractivity contribution is 0.376. The first kappa shape index (κ1) is 18.4. The molecule has 0 amide bonds. The monoisotopic (exact) mass is 375 g/mol. The van der Waals surface area contributed by atoms with Gasteiger partial charge in [0.25, 0.3) is 0 Å². The predicted molar refractivity (Wildman–Crippen MR) is 109 cm³/mol. The van der Waals surface area contributed by atoms with Crippen LogP contribution >= 0.6 is 0 Å². The van der Waals surface area contributed by atoms with Gasteiger partial charge in [0.2, 0.25) is 0 Å². The lowest BCUT2D eigenvalue weighted by atomic mass is 9.94. The number of rotatable bonds is 4. The number of aryl methyl sites for hydroxylation is 2. The van der Waals surface area contributed by atoms with E-state index in [1.165, 1.54) is 0 Å². The van der Waals surface area contributed by atoms with Crippen LogP contribution in [0.3, 0.4) is 0 Å². The van der Waals surface area contributed by atoms with Gasteiger partial charge in [0.1, 0.15) is 17.3 Å². The van der Waals surface area contributed by atoms with Gasteiger partial charge in [-0.05, 0) is 45.7 Å². The summed E-state index contributed by atoms with van der Waals surface area (Å²) >= 11 is 0. The number of piperidine rings is 1. The minimum absolute atomic E-state index is 0.286. The van der Waals surface area contributed by atoms with Crippen molar-refractivity contribution in [1.29, 1.82) is 0 Å². The standard InChI is InChI=1S/C21H25N7/c1-13-4-5-16(11-24-13)21-27-18(19-12-22-10-15(3)25-19)9-20(28-21)26-17-6-7-23-14(2)8-17/h6-10,12-13,16,24H,4-5,11H2,1-3H3,(H,23,26,27,28)/t13-,16+/m0/s1. The maximum absolute atomic E-state index is 4.85. The van der Waals surface area contributed by atoms with Crippen molar-refractivity contribution in [2.75, 3.05) is 11.9 Å². The summed E-state index contributed by atoms with van der Waals surface area (Å²) < 4.78 is 0. The van der Waals surface area contributed by atoms with E-state index in [0.29, 0.717) is 6.04 Å². The fraction of sp³-hybridized carbons (Fsp3) is 0.381. The molecule has 1 fully saturated rings. The Hall–Kier alpha value is -2.93. The van der Waals surface area contributed by atoms with Crippen LogP contribution in [0, 0.1) is 13.8 Å². The second kappa shape index (κ2) is 7.98. The highest BCUT2D eigenvalue weighted by Crippen LogP contribution is 2.27. The Kier molecular flexibility index (Phi) is 5.25. The van der Waals surface area contributed by atoms with E-state index in [4.69, 9.17) is 9.97 Å². The molecule has 7 heteroatoms. The Balaban J connectivity index is 1.72. The van der Waals surface area contributed by atoms with Crippen molar-refractivity contribution in [2.45, 2.75) is 45.6 Å². The van der Waals surface area contributed by atoms with Gasteiger partial charge in [0, 0.05) is 48.3 Å². The lowest BCUT2D eigenvalue weighted by Crippen LogP contribution is -2.36. The molecule has 4 rings (SSSR count). The molecule has 144 valence electrons. The lowest BCUT2D eigenvalue weighted by Gasteiger charge is -2.27. The minimum atomic E-state index is 0.286. The molecule has 0 aromatic carbocycles. The van der Waals surface area contributed by atoms with Gasteiger partial charge >= 0.3 is 0 Å². The summed E-state index contributed by atoms with van der Waals surface area (Å²) in [6, 6.07) is 6.41. The van der Waals surface area contributed by atoms with Crippen LogP contribution < -0.4 is 10.6 Å². The molecule has 2 N–H and O–H groups in total. The second-order valence-corrected chi connectivity index (χ2v) is 7.44. The maximum atomic E-state index is 4.85. The van der Waals surface area contributed by atoms with Gasteiger partial charge in [-0.25, -0.2) is 15.0 Å². The molecule has 0 radical (unpaired) electrons. The average molecular weight is 375 g/mol. The van der Waals surface area contributed by atoms with Crippen LogP contribution in [0.5, 0.6) is 0 Å². The van der Waals surface area contributed by atoms with Crippen LogP contribution in [0.25, 0.3) is 11.4 Å². The molecule has 1 saturated heterocycles. The predicted octanol–water partition coefficient (Wildman–Crippen LogP) is 3.54. The zero-order valence-electron chi connectivity index (χ0n) is 16.5. The van der Waals surface area contributed by atoms with Crippen molar-refractivity contribution >= 4 is 11.5 Å². The van der Waals surface area contributed by atoms with E-state index >= 15 is 0 Å². The first-order valence-electron chi connectivity index (χ1n) is 9.68. The summed E-state index contributed by atoms with van der Waals surface area (Å²) in [5, 5.41) is 6.94. The van der Waals surface area contributed by atoms with Crippen LogP contribution in [0.1, 0.15) is 42.9 Å². The number of anilines is 2. The summed E-state index contributed by atoms with van der Waals surface area (Å²) in [4.78, 5) is 22.8. The summed E-state index contributed by atoms with van der Waals surface area (Å²) in [5.74, 6) is 1.88. The maximum Gasteiger partial charge on any atom is 0.135 e. The normalized spacial score (nSPS) is 19.4. The van der Waals surface area contributed by atoms with E-state index in [1.807, 2.05) is 32.0 Å². The highest BCUT2D eigenvalue weighted by atomic mass is 15.1. The number of nitrogens with one attached hydrogen (secondary N) is 2. The Morgan fingerprint density at radius 2 is 1.89 bits per heavy atom. The van der Waals surface area contributed by atoms with E-state index in [-0.39, 0.29) is 5.92 Å². The smallest absolute Gasteiger partial charge is 0.135 e. The molecule has 0 bridgehead atoms. The summed E-state index contributed by atoms with van der Waals surface area (Å²) in [7, 11) is 0. The average Bonchev–Trinajstić information content (AvgIpc) is 2.68. The SMILES string of the molecule is Cc1cc(Nc2cc(-c3cncc(C)n3)nc([C@@H]3CC[C@H](C)NC3)n2)ccn1. The molecule has 0 saturated carbocycles. The van der Waals surface area contributed by atoms with Crippen molar-refractivity contribution in [2.24, 2.45) is 0 Å². The van der Waals surface area contributed by atoms with Crippen LogP contribution in [0.2, 0.25) is 0 Å². The zero-order chi connectivity index (χ0) is 19.5. The minimum Gasteiger partial charge on any atom is -0.340 e. The van der Waals surface area contributed by atoms with E-state index in [9.17, 15) is 0 Å². The first-order chi connectivity index (χ1) is 13.6. The number of hydrogen-bond donors (Lipinski definition) is 2. The molecule has 3 aromatic heterocycles. The Morgan fingerprint density at radius 3 is 2.64 bits per heavy atom. The number of nitrogens with zero attached hydrogens (tertiary/aromatic N) is 5. The van der Waals surface area contributed by atoms with E-state index in [0.717, 1.165) is 59.5 Å². The highest BCUT2D eigenvalue weighted by molar-refractivity contribution is 5.63. The summed E-state index contributed by atoms with van der Waals surface area (Å²) in [6.07, 6.45) is 7.48. The van der Waals surface area contributed by atoms with E-state index in [2.05, 4.69) is 32.5 Å². The zero-order valence-corrected chi connectivity index (χ0v) is 16.5. The van der Waals surface area contributed by atoms with Crippen LogP contribution in [0.4, 0.5) is 11.5 Å². The molecule has 0 unspecified atom stereocenters. The van der Waals surface area contributed by atoms with Crippen molar-refractivity contribution < 1.29 is 0 Å². The van der Waals surface area contributed by atoms with Gasteiger partial charge in [0.15, 0.2) is 0 Å². The van der Waals surface area contributed by atoms with Crippen molar-refractivity contribution in [3.63, 3.8) is 0 Å². The second-order valence-electron chi connectivity index (χ2n) is 7.44. The van der Waals surface area contributed by atoms with Gasteiger partial charge in [-0.3, -0.25) is 9.97 Å². The van der Waals surface area contributed by atoms with Crippen molar-refractivity contribution in [1.82, 2.24) is 30.2 Å². The third-order valence-corrected chi connectivity index (χ3v) is 4.96. The molecular formula is C21H25N7. The topological polar surface area (TPSA) is 88.5 Å². The molecular weight excluding hydrogens is 350 g/mol. The summed E-state index contributed by atoms with van der Waals surface area (Å²) in [5.41, 5.74) is 4.32. The molecule has 3 aromatic rings. The van der Waals surface area contributed by atoms with Gasteiger partial charge in [0.05, 0.1) is 17.6 Å². The molecule has 0 aliphatic carbocycles. The quantitative estimate of drug-likeness (QED) is 0.721. The Labute approximate surface area is 165 Å². The van der Waals surface area contributed by atoms with Crippen molar-refractivity contribution in [3.05, 3.63) is 54.0 Å². The summed E-state index contributed by atoms with van der Waals surface area (Å²) in [6.45, 7) is 7.01. The van der Waals surface area contributed by atoms with Gasteiger partial charge in [-0.1, -0.05) is 0 Å². The van der Waals surface area contributed by atoms with Gasteiger partial charge in [-0.2, -0.15) is 0 Å². The van der Waals surface area contributed by atoms with Crippen LogP contribution in [-0.4, -0.2) is 37.5 Å². The van der Waals surface area contributed by atoms with E-state index < -0.39 is 0 Å².